The first-order chi connectivity index (χ1) is 10.6. The van der Waals surface area contributed by atoms with Crippen molar-refractivity contribution < 1.29 is 9.50 Å². The van der Waals surface area contributed by atoms with E-state index in [4.69, 9.17) is 11.6 Å². The third-order valence-electron chi connectivity index (χ3n) is 3.21. The Morgan fingerprint density at radius 3 is 2.55 bits per heavy atom. The Kier molecular flexibility index (Phi) is 3.93. The second-order valence-electron chi connectivity index (χ2n) is 4.66. The number of aromatic hydroxyl groups is 1. The van der Waals surface area contributed by atoms with Crippen LogP contribution >= 0.6 is 11.6 Å². The molecule has 0 saturated carbocycles. The minimum absolute atomic E-state index is 0.0353. The number of nitrogens with zero attached hydrogens (tertiary/aromatic N) is 3. The van der Waals surface area contributed by atoms with Crippen molar-refractivity contribution in [2.24, 2.45) is 0 Å². The second kappa shape index (κ2) is 6.03. The van der Waals surface area contributed by atoms with Crippen molar-refractivity contribution in [2.75, 3.05) is 5.43 Å². The molecule has 1 unspecified atom stereocenters. The van der Waals surface area contributed by atoms with Gasteiger partial charge in [0.1, 0.15) is 24.2 Å². The van der Waals surface area contributed by atoms with Crippen molar-refractivity contribution in [2.45, 2.75) is 6.04 Å². The van der Waals surface area contributed by atoms with Crippen LogP contribution in [0, 0.1) is 5.82 Å². The maximum Gasteiger partial charge on any atom is 0.138 e. The summed E-state index contributed by atoms with van der Waals surface area (Å²) in [6.45, 7) is 0. The quantitative estimate of drug-likeness (QED) is 0.776. The van der Waals surface area contributed by atoms with E-state index < -0.39 is 11.9 Å². The lowest BCUT2D eigenvalue weighted by Crippen LogP contribution is -2.21. The molecule has 1 aromatic heterocycles. The van der Waals surface area contributed by atoms with Gasteiger partial charge in [0.25, 0.3) is 0 Å². The lowest BCUT2D eigenvalue weighted by atomic mass is 9.98. The topological polar surface area (TPSA) is 63.0 Å². The third kappa shape index (κ3) is 2.87. The molecule has 3 rings (SSSR count). The molecule has 2 N–H and O–H groups in total. The van der Waals surface area contributed by atoms with Crippen LogP contribution in [0.1, 0.15) is 17.2 Å². The Labute approximate surface area is 131 Å². The van der Waals surface area contributed by atoms with Crippen molar-refractivity contribution >= 4 is 11.6 Å². The number of rotatable bonds is 4. The van der Waals surface area contributed by atoms with Crippen molar-refractivity contribution in [3.05, 3.63) is 77.1 Å². The molecule has 0 amide bonds. The number of halogens is 2. The van der Waals surface area contributed by atoms with E-state index in [9.17, 15) is 9.50 Å². The highest BCUT2D eigenvalue weighted by molar-refractivity contribution is 6.31. The fourth-order valence-electron chi connectivity index (χ4n) is 2.19. The SMILES string of the molecule is Oc1ccc(F)cc1C(Nn1cnnc1)c1ccccc1Cl. The zero-order valence-electron chi connectivity index (χ0n) is 11.3. The van der Waals surface area contributed by atoms with E-state index in [-0.39, 0.29) is 5.75 Å². The van der Waals surface area contributed by atoms with Crippen LogP contribution in [-0.4, -0.2) is 20.0 Å². The van der Waals surface area contributed by atoms with E-state index in [1.807, 2.05) is 6.07 Å². The Morgan fingerprint density at radius 1 is 1.09 bits per heavy atom. The molecule has 0 radical (unpaired) electrons. The fraction of sp³-hybridized carbons (Fsp3) is 0.0667. The predicted molar refractivity (Wildman–Crippen MR) is 80.7 cm³/mol. The summed E-state index contributed by atoms with van der Waals surface area (Å²) in [5.74, 6) is -0.484. The molecule has 0 spiro atoms. The van der Waals surface area contributed by atoms with Crippen molar-refractivity contribution in [1.82, 2.24) is 14.9 Å². The summed E-state index contributed by atoms with van der Waals surface area (Å²) in [6, 6.07) is 10.3. The van der Waals surface area contributed by atoms with E-state index in [1.54, 1.807) is 18.2 Å². The van der Waals surface area contributed by atoms with Crippen LogP contribution in [0.15, 0.2) is 55.1 Å². The summed E-state index contributed by atoms with van der Waals surface area (Å²) >= 11 is 6.25. The van der Waals surface area contributed by atoms with Crippen LogP contribution in [-0.2, 0) is 0 Å². The van der Waals surface area contributed by atoms with Crippen LogP contribution in [0.3, 0.4) is 0 Å². The minimum atomic E-state index is -0.569. The van der Waals surface area contributed by atoms with Gasteiger partial charge in [-0.15, -0.1) is 10.2 Å². The molecule has 3 aromatic rings. The number of phenols is 1. The number of phenolic OH excluding ortho intramolecular Hbond substituents is 1. The lowest BCUT2D eigenvalue weighted by molar-refractivity contribution is 0.462. The van der Waals surface area contributed by atoms with E-state index >= 15 is 0 Å². The summed E-state index contributed by atoms with van der Waals surface area (Å²) in [4.78, 5) is 0. The van der Waals surface area contributed by atoms with E-state index in [0.717, 1.165) is 0 Å². The van der Waals surface area contributed by atoms with Gasteiger partial charge in [-0.2, -0.15) is 0 Å². The van der Waals surface area contributed by atoms with Crippen molar-refractivity contribution in [3.63, 3.8) is 0 Å². The maximum atomic E-state index is 13.6. The maximum absolute atomic E-state index is 13.6. The summed E-state index contributed by atoms with van der Waals surface area (Å²) in [6.07, 6.45) is 2.92. The number of nitrogens with one attached hydrogen (secondary N) is 1. The fourth-order valence-corrected chi connectivity index (χ4v) is 2.43. The Hall–Kier alpha value is -2.60. The molecule has 0 aliphatic heterocycles. The summed E-state index contributed by atoms with van der Waals surface area (Å²) < 4.78 is 15.1. The number of aromatic nitrogens is 3. The largest absolute Gasteiger partial charge is 0.508 e. The van der Waals surface area contributed by atoms with Crippen molar-refractivity contribution in [1.29, 1.82) is 0 Å². The standard InChI is InChI=1S/C15H12ClFN4O/c16-13-4-2-1-3-11(13)15(20-21-8-18-19-9-21)12-7-10(17)5-6-14(12)22/h1-9,15,20,22H. The first-order valence-electron chi connectivity index (χ1n) is 6.49. The molecule has 5 nitrogen and oxygen atoms in total. The van der Waals surface area contributed by atoms with E-state index in [2.05, 4.69) is 15.6 Å². The van der Waals surface area contributed by atoms with Gasteiger partial charge in [-0.05, 0) is 29.8 Å². The molecule has 1 atom stereocenters. The van der Waals surface area contributed by atoms with Gasteiger partial charge in [0, 0.05) is 10.6 Å². The van der Waals surface area contributed by atoms with Crippen LogP contribution < -0.4 is 5.43 Å². The third-order valence-corrected chi connectivity index (χ3v) is 3.56. The molecule has 112 valence electrons. The highest BCUT2D eigenvalue weighted by Crippen LogP contribution is 2.34. The van der Waals surface area contributed by atoms with E-state index in [0.29, 0.717) is 16.1 Å². The van der Waals surface area contributed by atoms with Gasteiger partial charge in [0.2, 0.25) is 0 Å². The first-order valence-corrected chi connectivity index (χ1v) is 6.87. The van der Waals surface area contributed by atoms with Crippen LogP contribution in [0.4, 0.5) is 4.39 Å². The number of hydrogen-bond donors (Lipinski definition) is 2. The number of hydrogen-bond acceptors (Lipinski definition) is 4. The monoisotopic (exact) mass is 318 g/mol. The van der Waals surface area contributed by atoms with Gasteiger partial charge in [-0.25, -0.2) is 9.07 Å². The Bertz CT molecular complexity index is 779. The first kappa shape index (κ1) is 14.3. The van der Waals surface area contributed by atoms with Crippen molar-refractivity contribution in [3.8, 4) is 5.75 Å². The lowest BCUT2D eigenvalue weighted by Gasteiger charge is -2.22. The van der Waals surface area contributed by atoms with E-state index in [1.165, 1.54) is 35.5 Å². The Balaban J connectivity index is 2.10. The molecule has 7 heteroatoms. The van der Waals surface area contributed by atoms with Crippen LogP contribution in [0.2, 0.25) is 5.02 Å². The molecule has 0 bridgehead atoms. The van der Waals surface area contributed by atoms with Gasteiger partial charge < -0.3 is 10.5 Å². The summed E-state index contributed by atoms with van der Waals surface area (Å²) in [5, 5.41) is 18.0. The summed E-state index contributed by atoms with van der Waals surface area (Å²) in [7, 11) is 0. The zero-order valence-corrected chi connectivity index (χ0v) is 12.1. The second-order valence-corrected chi connectivity index (χ2v) is 5.06. The van der Waals surface area contributed by atoms with Gasteiger partial charge in [-0.1, -0.05) is 29.8 Å². The van der Waals surface area contributed by atoms with Gasteiger partial charge in [0.15, 0.2) is 0 Å². The molecule has 0 aliphatic rings. The molecule has 22 heavy (non-hydrogen) atoms. The molecule has 1 heterocycles. The van der Waals surface area contributed by atoms with Gasteiger partial charge in [0.05, 0.1) is 6.04 Å². The zero-order chi connectivity index (χ0) is 15.5. The van der Waals surface area contributed by atoms with Gasteiger partial charge in [-0.3, -0.25) is 0 Å². The smallest absolute Gasteiger partial charge is 0.138 e. The predicted octanol–water partition coefficient (Wildman–Crippen LogP) is 3.11. The summed E-state index contributed by atoms with van der Waals surface area (Å²) in [5.41, 5.74) is 4.14. The molecule has 2 aromatic carbocycles. The molecular weight excluding hydrogens is 307 g/mol. The highest BCUT2D eigenvalue weighted by Gasteiger charge is 2.21. The average molecular weight is 319 g/mol. The van der Waals surface area contributed by atoms with Crippen LogP contribution in [0.25, 0.3) is 0 Å². The molecule has 0 saturated heterocycles. The van der Waals surface area contributed by atoms with Gasteiger partial charge >= 0.3 is 0 Å². The van der Waals surface area contributed by atoms with Crippen LogP contribution in [0.5, 0.6) is 5.75 Å². The molecule has 0 fully saturated rings. The number of benzene rings is 2. The highest BCUT2D eigenvalue weighted by atomic mass is 35.5. The Morgan fingerprint density at radius 2 is 1.82 bits per heavy atom. The normalized spacial score (nSPS) is 12.1. The minimum Gasteiger partial charge on any atom is -0.508 e. The molecule has 0 aliphatic carbocycles. The average Bonchev–Trinajstić information content (AvgIpc) is 3.01. The molecular formula is C15H12ClFN4O.